The van der Waals surface area contributed by atoms with E-state index in [2.05, 4.69) is 24.5 Å². The molecule has 0 saturated carbocycles. The Bertz CT molecular complexity index is 235. The maximum atomic E-state index is 5.72. The van der Waals surface area contributed by atoms with Crippen LogP contribution in [0.15, 0.2) is 0 Å². The summed E-state index contributed by atoms with van der Waals surface area (Å²) in [7, 11) is 0. The molecule has 0 aliphatic heterocycles. The van der Waals surface area contributed by atoms with Gasteiger partial charge in [-0.2, -0.15) is 0 Å². The van der Waals surface area contributed by atoms with Gasteiger partial charge in [-0.25, -0.2) is 0 Å². The summed E-state index contributed by atoms with van der Waals surface area (Å²) in [5.41, 5.74) is 0. The van der Waals surface area contributed by atoms with Crippen molar-refractivity contribution in [2.24, 2.45) is 0 Å². The molecule has 3 nitrogen and oxygen atoms in total. The molecule has 0 amide bonds. The molecule has 28 heavy (non-hydrogen) atoms. The van der Waals surface area contributed by atoms with Crippen molar-refractivity contribution in [2.75, 3.05) is 39.4 Å². The molecular weight excluding hydrogens is 344 g/mol. The molecule has 0 aliphatic rings. The van der Waals surface area contributed by atoms with E-state index in [4.69, 9.17) is 4.74 Å². The van der Waals surface area contributed by atoms with Crippen molar-refractivity contribution in [3.05, 3.63) is 0 Å². The number of rotatable bonds is 25. The van der Waals surface area contributed by atoms with Crippen LogP contribution in [0, 0.1) is 0 Å². The zero-order chi connectivity index (χ0) is 20.4. The van der Waals surface area contributed by atoms with Gasteiger partial charge in [-0.3, -0.25) is 0 Å². The largest absolute Gasteiger partial charge is 0.381 e. The summed E-state index contributed by atoms with van der Waals surface area (Å²) in [6.07, 6.45) is 24.0. The molecule has 0 rings (SSSR count). The second kappa shape index (κ2) is 26.9. The van der Waals surface area contributed by atoms with Crippen molar-refractivity contribution in [2.45, 2.75) is 123 Å². The van der Waals surface area contributed by atoms with Gasteiger partial charge in [-0.05, 0) is 25.9 Å². The molecule has 0 heterocycles. The molecule has 0 atom stereocenters. The molecule has 0 fully saturated rings. The zero-order valence-electron chi connectivity index (χ0n) is 19.7. The summed E-state index contributed by atoms with van der Waals surface area (Å²) in [4.78, 5) is 0. The molecule has 0 unspecified atom stereocenters. The molecule has 0 aromatic carbocycles. The highest BCUT2D eigenvalue weighted by Gasteiger charge is 1.95. The molecular formula is C25H54N2O. The van der Waals surface area contributed by atoms with E-state index in [0.717, 1.165) is 45.8 Å². The van der Waals surface area contributed by atoms with Gasteiger partial charge < -0.3 is 15.4 Å². The first kappa shape index (κ1) is 27.9. The van der Waals surface area contributed by atoms with Gasteiger partial charge in [0, 0.05) is 26.3 Å². The van der Waals surface area contributed by atoms with Crippen molar-refractivity contribution >= 4 is 0 Å². The SMILES string of the molecule is CCCCCCCCCCCCCCCCCCOCCCNCCNCC. The van der Waals surface area contributed by atoms with Gasteiger partial charge in [0.25, 0.3) is 0 Å². The van der Waals surface area contributed by atoms with Crippen molar-refractivity contribution in [3.8, 4) is 0 Å². The molecule has 170 valence electrons. The number of hydrogen-bond acceptors (Lipinski definition) is 3. The Morgan fingerprint density at radius 3 is 1.36 bits per heavy atom. The summed E-state index contributed by atoms with van der Waals surface area (Å²) < 4.78 is 5.72. The fourth-order valence-corrected chi connectivity index (χ4v) is 3.63. The summed E-state index contributed by atoms with van der Waals surface area (Å²) in [6.45, 7) is 10.6. The first-order valence-electron chi connectivity index (χ1n) is 12.9. The Kier molecular flexibility index (Phi) is 26.8. The van der Waals surface area contributed by atoms with E-state index >= 15 is 0 Å². The minimum absolute atomic E-state index is 0.910. The molecule has 0 radical (unpaired) electrons. The summed E-state index contributed by atoms with van der Waals surface area (Å²) >= 11 is 0. The van der Waals surface area contributed by atoms with Crippen LogP contribution >= 0.6 is 0 Å². The van der Waals surface area contributed by atoms with E-state index in [1.165, 1.54) is 103 Å². The Hall–Kier alpha value is -0.120. The third-order valence-electron chi connectivity index (χ3n) is 5.51. The van der Waals surface area contributed by atoms with E-state index in [0.29, 0.717) is 0 Å². The molecule has 0 spiro atoms. The van der Waals surface area contributed by atoms with Gasteiger partial charge in [0.05, 0.1) is 0 Å². The van der Waals surface area contributed by atoms with E-state index in [9.17, 15) is 0 Å². The summed E-state index contributed by atoms with van der Waals surface area (Å²) in [5, 5.41) is 6.75. The zero-order valence-corrected chi connectivity index (χ0v) is 19.7. The van der Waals surface area contributed by atoms with Gasteiger partial charge in [0.2, 0.25) is 0 Å². The second-order valence-electron chi connectivity index (χ2n) is 8.37. The van der Waals surface area contributed by atoms with Crippen LogP contribution in [-0.4, -0.2) is 39.4 Å². The minimum Gasteiger partial charge on any atom is -0.381 e. The molecule has 2 N–H and O–H groups in total. The summed E-state index contributed by atoms with van der Waals surface area (Å²) in [5.74, 6) is 0. The van der Waals surface area contributed by atoms with Crippen molar-refractivity contribution in [1.82, 2.24) is 10.6 Å². The van der Waals surface area contributed by atoms with Gasteiger partial charge in [-0.15, -0.1) is 0 Å². The van der Waals surface area contributed by atoms with Crippen LogP contribution < -0.4 is 10.6 Å². The van der Waals surface area contributed by atoms with Crippen LogP contribution in [0.25, 0.3) is 0 Å². The second-order valence-corrected chi connectivity index (χ2v) is 8.37. The van der Waals surface area contributed by atoms with Gasteiger partial charge in [0.15, 0.2) is 0 Å². The fraction of sp³-hybridized carbons (Fsp3) is 1.00. The van der Waals surface area contributed by atoms with E-state index in [1.54, 1.807) is 0 Å². The lowest BCUT2D eigenvalue weighted by Crippen LogP contribution is -2.28. The molecule has 0 aromatic rings. The van der Waals surface area contributed by atoms with Gasteiger partial charge >= 0.3 is 0 Å². The van der Waals surface area contributed by atoms with Crippen molar-refractivity contribution in [1.29, 1.82) is 0 Å². The Morgan fingerprint density at radius 2 is 0.857 bits per heavy atom. The maximum absolute atomic E-state index is 5.72. The molecule has 0 bridgehead atoms. The number of hydrogen-bond donors (Lipinski definition) is 2. The quantitative estimate of drug-likeness (QED) is 0.165. The van der Waals surface area contributed by atoms with Crippen LogP contribution in [0.5, 0.6) is 0 Å². The summed E-state index contributed by atoms with van der Waals surface area (Å²) in [6, 6.07) is 0. The molecule has 3 heteroatoms. The predicted octanol–water partition coefficient (Wildman–Crippen LogP) is 6.85. The third-order valence-corrected chi connectivity index (χ3v) is 5.51. The third kappa shape index (κ3) is 25.9. The number of nitrogens with one attached hydrogen (secondary N) is 2. The average Bonchev–Trinajstić information content (AvgIpc) is 2.71. The van der Waals surface area contributed by atoms with Gasteiger partial charge in [0.1, 0.15) is 0 Å². The van der Waals surface area contributed by atoms with Gasteiger partial charge in [-0.1, -0.05) is 110 Å². The molecule has 0 aromatic heterocycles. The van der Waals surface area contributed by atoms with Crippen LogP contribution in [0.2, 0.25) is 0 Å². The Morgan fingerprint density at radius 1 is 0.429 bits per heavy atom. The van der Waals surface area contributed by atoms with E-state index in [-0.39, 0.29) is 0 Å². The first-order chi connectivity index (χ1) is 13.9. The highest BCUT2D eigenvalue weighted by Crippen LogP contribution is 2.13. The first-order valence-corrected chi connectivity index (χ1v) is 12.9. The molecule has 0 saturated heterocycles. The lowest BCUT2D eigenvalue weighted by molar-refractivity contribution is 0.127. The van der Waals surface area contributed by atoms with Crippen molar-refractivity contribution < 1.29 is 4.74 Å². The fourth-order valence-electron chi connectivity index (χ4n) is 3.63. The number of likely N-dealkylation sites (N-methyl/N-ethyl adjacent to an activating group) is 1. The number of unbranched alkanes of at least 4 members (excludes halogenated alkanes) is 15. The van der Waals surface area contributed by atoms with Crippen LogP contribution in [0.1, 0.15) is 123 Å². The normalized spacial score (nSPS) is 11.4. The smallest absolute Gasteiger partial charge is 0.0478 e. The molecule has 0 aliphatic carbocycles. The topological polar surface area (TPSA) is 33.3 Å². The highest BCUT2D eigenvalue weighted by atomic mass is 16.5. The maximum Gasteiger partial charge on any atom is 0.0478 e. The van der Waals surface area contributed by atoms with Crippen LogP contribution in [0.4, 0.5) is 0 Å². The van der Waals surface area contributed by atoms with Crippen LogP contribution in [0.3, 0.4) is 0 Å². The Balaban J connectivity index is 2.96. The van der Waals surface area contributed by atoms with Crippen molar-refractivity contribution in [3.63, 3.8) is 0 Å². The lowest BCUT2D eigenvalue weighted by Gasteiger charge is -2.06. The lowest BCUT2D eigenvalue weighted by atomic mass is 10.0. The number of ether oxygens (including phenoxy) is 1. The van der Waals surface area contributed by atoms with E-state index < -0.39 is 0 Å². The highest BCUT2D eigenvalue weighted by molar-refractivity contribution is 4.52. The predicted molar refractivity (Wildman–Crippen MR) is 126 cm³/mol. The average molecular weight is 399 g/mol. The van der Waals surface area contributed by atoms with E-state index in [1.807, 2.05) is 0 Å². The monoisotopic (exact) mass is 398 g/mol. The standard InChI is InChI=1S/C25H54N2O/c1-3-5-6-7-8-9-10-11-12-13-14-15-16-17-18-19-24-28-25-20-21-27-23-22-26-4-2/h26-27H,3-25H2,1-2H3. The Labute approximate surface area is 178 Å². The van der Waals surface area contributed by atoms with Crippen LogP contribution in [-0.2, 0) is 4.74 Å². The minimum atomic E-state index is 0.910.